The summed E-state index contributed by atoms with van der Waals surface area (Å²) < 4.78 is 0. The van der Waals surface area contributed by atoms with Gasteiger partial charge < -0.3 is 10.2 Å². The van der Waals surface area contributed by atoms with E-state index < -0.39 is 0 Å². The number of pyridine rings is 1. The Labute approximate surface area is 149 Å². The number of nitro groups is 1. The van der Waals surface area contributed by atoms with E-state index in [1.54, 1.807) is 25.5 Å². The smallest absolute Gasteiger partial charge is 0.292 e. The molecule has 2 rings (SSSR count). The van der Waals surface area contributed by atoms with E-state index in [0.29, 0.717) is 29.1 Å². The van der Waals surface area contributed by atoms with Gasteiger partial charge in [0.1, 0.15) is 10.2 Å². The highest BCUT2D eigenvalue weighted by Gasteiger charge is 2.24. The lowest BCUT2D eigenvalue weighted by atomic mass is 10.2. The van der Waals surface area contributed by atoms with Crippen LogP contribution in [0, 0.1) is 10.1 Å². The van der Waals surface area contributed by atoms with Crippen LogP contribution in [0.3, 0.4) is 0 Å². The zero-order valence-electron chi connectivity index (χ0n) is 13.4. The van der Waals surface area contributed by atoms with Crippen molar-refractivity contribution in [1.82, 2.24) is 20.2 Å². The molecule has 0 fully saturated rings. The fourth-order valence-corrected chi connectivity index (χ4v) is 3.00. The van der Waals surface area contributed by atoms with E-state index in [1.807, 2.05) is 23.3 Å². The number of thiazole rings is 1. The highest BCUT2D eigenvalue weighted by atomic mass is 35.5. The maximum absolute atomic E-state index is 11.6. The monoisotopic (exact) mass is 367 g/mol. The van der Waals surface area contributed by atoms with E-state index in [1.165, 1.54) is 11.3 Å². The van der Waals surface area contributed by atoms with Gasteiger partial charge in [-0.2, -0.15) is 0 Å². The van der Waals surface area contributed by atoms with Crippen LogP contribution in [-0.4, -0.2) is 33.4 Å². The van der Waals surface area contributed by atoms with Crippen molar-refractivity contribution in [3.05, 3.63) is 67.3 Å². The molecular formula is C15H18ClN5O2S. The van der Waals surface area contributed by atoms with E-state index in [-0.39, 0.29) is 17.0 Å². The Balaban J connectivity index is 2.31. The maximum atomic E-state index is 11.6. The van der Waals surface area contributed by atoms with Gasteiger partial charge in [0.15, 0.2) is 5.82 Å². The lowest BCUT2D eigenvalue weighted by molar-refractivity contribution is -0.429. The zero-order chi connectivity index (χ0) is 17.5. The first-order chi connectivity index (χ1) is 11.5. The summed E-state index contributed by atoms with van der Waals surface area (Å²) in [5.41, 5.74) is 1.02. The van der Waals surface area contributed by atoms with Crippen molar-refractivity contribution >= 4 is 22.9 Å². The Morgan fingerprint density at radius 1 is 1.46 bits per heavy atom. The normalized spacial score (nSPS) is 11.8. The van der Waals surface area contributed by atoms with Crippen molar-refractivity contribution < 1.29 is 4.92 Å². The van der Waals surface area contributed by atoms with Gasteiger partial charge in [0.2, 0.25) is 0 Å². The molecule has 0 bridgehead atoms. The number of hydrogen-bond acceptors (Lipinski definition) is 7. The van der Waals surface area contributed by atoms with Gasteiger partial charge in [-0.3, -0.25) is 10.1 Å². The van der Waals surface area contributed by atoms with Crippen molar-refractivity contribution in [2.24, 2.45) is 0 Å². The average molecular weight is 368 g/mol. The fraction of sp³-hybridized carbons (Fsp3) is 0.333. The van der Waals surface area contributed by atoms with Gasteiger partial charge >= 0.3 is 0 Å². The standard InChI is InChI=1S/C15H18ClN5O2S/c1-3-20(10-11-4-5-13(16)19-9-11)15(17-2)12(21(22)23)8-14-18-6-7-24-14/h4-7,9,17H,3,8,10H2,1-2H3. The summed E-state index contributed by atoms with van der Waals surface area (Å²) in [4.78, 5) is 21.3. The minimum absolute atomic E-state index is 0.0937. The summed E-state index contributed by atoms with van der Waals surface area (Å²) in [5.74, 6) is 0.479. The number of nitrogens with one attached hydrogen (secondary N) is 1. The van der Waals surface area contributed by atoms with Crippen LogP contribution >= 0.6 is 22.9 Å². The number of allylic oxidation sites excluding steroid dienone is 1. The summed E-state index contributed by atoms with van der Waals surface area (Å²) in [7, 11) is 1.68. The highest BCUT2D eigenvalue weighted by Crippen LogP contribution is 2.18. The topological polar surface area (TPSA) is 84.2 Å². The molecule has 2 aromatic rings. The molecule has 1 N–H and O–H groups in total. The Morgan fingerprint density at radius 3 is 2.75 bits per heavy atom. The number of halogens is 1. The Morgan fingerprint density at radius 2 is 2.25 bits per heavy atom. The summed E-state index contributed by atoms with van der Waals surface area (Å²) in [5, 5.41) is 17.5. The van der Waals surface area contributed by atoms with Gasteiger partial charge in [0.05, 0.1) is 11.3 Å². The summed E-state index contributed by atoms with van der Waals surface area (Å²) >= 11 is 7.20. The molecule has 0 saturated carbocycles. The van der Waals surface area contributed by atoms with Crippen LogP contribution < -0.4 is 5.32 Å². The summed E-state index contributed by atoms with van der Waals surface area (Å²) in [6, 6.07) is 3.56. The lowest BCUT2D eigenvalue weighted by Gasteiger charge is -2.25. The minimum Gasteiger partial charge on any atom is -0.369 e. The van der Waals surface area contributed by atoms with Crippen molar-refractivity contribution in [3.8, 4) is 0 Å². The molecule has 0 amide bonds. The zero-order valence-corrected chi connectivity index (χ0v) is 15.0. The molecule has 0 aromatic carbocycles. The van der Waals surface area contributed by atoms with Crippen LogP contribution in [0.2, 0.25) is 5.15 Å². The number of nitrogens with zero attached hydrogens (tertiary/aromatic N) is 4. The number of hydrogen-bond donors (Lipinski definition) is 1. The maximum Gasteiger partial charge on any atom is 0.292 e. The lowest BCUT2D eigenvalue weighted by Crippen LogP contribution is -2.33. The molecule has 9 heteroatoms. The Kier molecular flexibility index (Phi) is 6.51. The second kappa shape index (κ2) is 8.60. The van der Waals surface area contributed by atoms with E-state index in [2.05, 4.69) is 15.3 Å². The number of aromatic nitrogens is 2. The first-order valence-corrected chi connectivity index (χ1v) is 8.60. The van der Waals surface area contributed by atoms with Crippen LogP contribution in [0.1, 0.15) is 17.5 Å². The van der Waals surface area contributed by atoms with E-state index >= 15 is 0 Å². The predicted octanol–water partition coefficient (Wildman–Crippen LogP) is 2.92. The Hall–Kier alpha value is -2.19. The van der Waals surface area contributed by atoms with Gasteiger partial charge in [0, 0.05) is 37.9 Å². The first-order valence-electron chi connectivity index (χ1n) is 7.34. The van der Waals surface area contributed by atoms with Crippen LogP contribution in [0.5, 0.6) is 0 Å². The molecule has 2 heterocycles. The van der Waals surface area contributed by atoms with Crippen LogP contribution in [0.4, 0.5) is 0 Å². The third kappa shape index (κ3) is 4.65. The fourth-order valence-electron chi connectivity index (χ4n) is 2.27. The van der Waals surface area contributed by atoms with Crippen molar-refractivity contribution in [3.63, 3.8) is 0 Å². The molecule has 0 saturated heterocycles. The quantitative estimate of drug-likeness (QED) is 0.438. The Bertz CT molecular complexity index is 703. The van der Waals surface area contributed by atoms with Gasteiger partial charge in [-0.25, -0.2) is 9.97 Å². The van der Waals surface area contributed by atoms with E-state index in [9.17, 15) is 10.1 Å². The summed E-state index contributed by atoms with van der Waals surface area (Å²) in [6.45, 7) is 3.04. The SMILES string of the molecule is CCN(Cc1ccc(Cl)nc1)C(NC)=C(Cc1nccs1)[N+](=O)[O-]. The molecule has 7 nitrogen and oxygen atoms in total. The third-order valence-electron chi connectivity index (χ3n) is 3.39. The number of rotatable bonds is 8. The van der Waals surface area contributed by atoms with Crippen LogP contribution in [0.25, 0.3) is 0 Å². The second-order valence-electron chi connectivity index (χ2n) is 4.91. The second-order valence-corrected chi connectivity index (χ2v) is 6.27. The average Bonchev–Trinajstić information content (AvgIpc) is 3.08. The van der Waals surface area contributed by atoms with E-state index in [0.717, 1.165) is 5.56 Å². The predicted molar refractivity (Wildman–Crippen MR) is 94.2 cm³/mol. The van der Waals surface area contributed by atoms with Crippen molar-refractivity contribution in [2.75, 3.05) is 13.6 Å². The molecule has 0 spiro atoms. The molecule has 0 aliphatic heterocycles. The molecule has 0 aliphatic carbocycles. The van der Waals surface area contributed by atoms with Crippen molar-refractivity contribution in [2.45, 2.75) is 19.9 Å². The van der Waals surface area contributed by atoms with Gasteiger partial charge in [-0.1, -0.05) is 17.7 Å². The largest absolute Gasteiger partial charge is 0.369 e. The van der Waals surface area contributed by atoms with Crippen LogP contribution in [0.15, 0.2) is 41.4 Å². The molecule has 24 heavy (non-hydrogen) atoms. The van der Waals surface area contributed by atoms with Gasteiger partial charge in [-0.15, -0.1) is 11.3 Å². The van der Waals surface area contributed by atoms with Gasteiger partial charge in [-0.05, 0) is 18.6 Å². The van der Waals surface area contributed by atoms with Crippen molar-refractivity contribution in [1.29, 1.82) is 0 Å². The van der Waals surface area contributed by atoms with E-state index in [4.69, 9.17) is 11.6 Å². The van der Waals surface area contributed by atoms with Gasteiger partial charge in [0.25, 0.3) is 5.70 Å². The molecule has 0 unspecified atom stereocenters. The third-order valence-corrected chi connectivity index (χ3v) is 4.40. The molecule has 2 aromatic heterocycles. The molecular weight excluding hydrogens is 350 g/mol. The molecule has 0 atom stereocenters. The minimum atomic E-state index is -0.351. The molecule has 0 radical (unpaired) electrons. The van der Waals surface area contributed by atoms with Crippen LogP contribution in [-0.2, 0) is 13.0 Å². The first kappa shape index (κ1) is 18.2. The molecule has 128 valence electrons. The summed E-state index contributed by atoms with van der Waals surface area (Å²) in [6.07, 6.45) is 3.49. The highest BCUT2D eigenvalue weighted by molar-refractivity contribution is 7.09. The molecule has 0 aliphatic rings.